The zero-order valence-corrected chi connectivity index (χ0v) is 10.5. The van der Waals surface area contributed by atoms with Crippen molar-refractivity contribution in [3.8, 4) is 11.3 Å². The maximum Gasteiger partial charge on any atom is 0.291 e. The topological polar surface area (TPSA) is 85.9 Å². The van der Waals surface area contributed by atoms with E-state index in [1.165, 1.54) is 0 Å². The van der Waals surface area contributed by atoms with E-state index in [-0.39, 0.29) is 11.6 Å². The van der Waals surface area contributed by atoms with Gasteiger partial charge in [0.05, 0.1) is 0 Å². The summed E-state index contributed by atoms with van der Waals surface area (Å²) in [4.78, 5) is 17.6. The zero-order valence-electron chi connectivity index (χ0n) is 9.73. The van der Waals surface area contributed by atoms with Crippen LogP contribution >= 0.6 is 11.8 Å². The lowest BCUT2D eigenvalue weighted by Gasteiger charge is -2.00. The predicted octanol–water partition coefficient (Wildman–Crippen LogP) is 0.848. The number of aromatic nitrogens is 6. The molecule has 7 nitrogen and oxygen atoms in total. The van der Waals surface area contributed by atoms with Gasteiger partial charge in [-0.05, 0) is 34.9 Å². The van der Waals surface area contributed by atoms with Crippen molar-refractivity contribution in [1.82, 2.24) is 30.2 Å². The summed E-state index contributed by atoms with van der Waals surface area (Å²) in [5.74, 6) is 0.150. The van der Waals surface area contributed by atoms with Crippen LogP contribution < -0.4 is 0 Å². The number of hydrogen-bond donors (Lipinski definition) is 0. The molecule has 92 valence electrons. The van der Waals surface area contributed by atoms with Crippen LogP contribution in [0.25, 0.3) is 17.0 Å². The molecule has 0 spiro atoms. The molecule has 2 heterocycles. The normalized spacial score (nSPS) is 12.8. The minimum Gasteiger partial charge on any atom is -0.287 e. The molecule has 0 atom stereocenters. The van der Waals surface area contributed by atoms with Gasteiger partial charge in [-0.15, -0.1) is 16.9 Å². The number of tetrazole rings is 1. The highest BCUT2D eigenvalue weighted by Crippen LogP contribution is 2.35. The highest BCUT2D eigenvalue weighted by atomic mass is 32.2. The van der Waals surface area contributed by atoms with Crippen LogP contribution in [-0.4, -0.2) is 42.3 Å². The summed E-state index contributed by atoms with van der Waals surface area (Å²) < 4.78 is 1.16. The number of ketones is 1. The lowest BCUT2D eigenvalue weighted by molar-refractivity contribution is 0.103. The molecular formula is C11H6N6OS. The second-order valence-corrected chi connectivity index (χ2v) is 4.90. The van der Waals surface area contributed by atoms with Gasteiger partial charge in [0, 0.05) is 16.0 Å². The van der Waals surface area contributed by atoms with Crippen molar-refractivity contribution in [2.75, 3.05) is 6.26 Å². The van der Waals surface area contributed by atoms with E-state index in [1.54, 1.807) is 17.8 Å². The molecule has 2 aromatic heterocycles. The number of rotatable bonds is 1. The molecule has 0 saturated heterocycles. The SMILES string of the molecule is CSc1ccc2c(c1)-c1nc3nnnn3nc1C2=O. The van der Waals surface area contributed by atoms with E-state index in [4.69, 9.17) is 0 Å². The Balaban J connectivity index is 2.07. The fourth-order valence-electron chi connectivity index (χ4n) is 2.12. The van der Waals surface area contributed by atoms with Gasteiger partial charge in [-0.2, -0.15) is 0 Å². The highest BCUT2D eigenvalue weighted by Gasteiger charge is 2.31. The van der Waals surface area contributed by atoms with Gasteiger partial charge in [0.25, 0.3) is 5.78 Å². The van der Waals surface area contributed by atoms with Gasteiger partial charge in [-0.25, -0.2) is 4.98 Å². The number of benzene rings is 1. The molecule has 0 amide bonds. The molecule has 0 bridgehead atoms. The molecule has 4 rings (SSSR count). The first kappa shape index (κ1) is 10.6. The van der Waals surface area contributed by atoms with E-state index in [9.17, 15) is 4.79 Å². The van der Waals surface area contributed by atoms with E-state index in [0.29, 0.717) is 17.0 Å². The van der Waals surface area contributed by atoms with Crippen LogP contribution in [0.2, 0.25) is 0 Å². The largest absolute Gasteiger partial charge is 0.291 e. The standard InChI is InChI=1S/C11H6N6OS/c1-19-5-2-3-6-7(4-5)8-9(10(6)18)14-17-11(12-8)13-15-16-17/h2-4H,1H3. The van der Waals surface area contributed by atoms with E-state index < -0.39 is 0 Å². The summed E-state index contributed by atoms with van der Waals surface area (Å²) in [5.41, 5.74) is 2.27. The van der Waals surface area contributed by atoms with Crippen molar-refractivity contribution < 1.29 is 4.79 Å². The number of nitrogens with zero attached hydrogens (tertiary/aromatic N) is 6. The smallest absolute Gasteiger partial charge is 0.287 e. The van der Waals surface area contributed by atoms with Gasteiger partial charge in [0.15, 0.2) is 5.69 Å². The Morgan fingerprint density at radius 3 is 2.95 bits per heavy atom. The second kappa shape index (κ2) is 3.58. The molecule has 0 saturated carbocycles. The lowest BCUT2D eigenvalue weighted by Crippen LogP contribution is -2.06. The van der Waals surface area contributed by atoms with E-state index in [1.807, 2.05) is 18.4 Å². The predicted molar refractivity (Wildman–Crippen MR) is 67.0 cm³/mol. The molecule has 3 aromatic rings. The molecule has 0 fully saturated rings. The third kappa shape index (κ3) is 1.34. The molecule has 0 unspecified atom stereocenters. The first-order chi connectivity index (χ1) is 9.28. The lowest BCUT2D eigenvalue weighted by atomic mass is 10.1. The van der Waals surface area contributed by atoms with Gasteiger partial charge < -0.3 is 0 Å². The summed E-state index contributed by atoms with van der Waals surface area (Å²) in [6, 6.07) is 5.66. The van der Waals surface area contributed by atoms with Gasteiger partial charge in [-0.3, -0.25) is 4.79 Å². The summed E-state index contributed by atoms with van der Waals surface area (Å²) in [6.45, 7) is 0. The number of carbonyl (C=O) groups is 1. The fraction of sp³-hybridized carbons (Fsp3) is 0.0909. The molecule has 0 N–H and O–H groups in total. The van der Waals surface area contributed by atoms with E-state index in [0.717, 1.165) is 15.1 Å². The minimum atomic E-state index is -0.137. The Morgan fingerprint density at radius 1 is 1.21 bits per heavy atom. The Bertz CT molecular complexity index is 842. The monoisotopic (exact) mass is 270 g/mol. The maximum absolute atomic E-state index is 12.3. The van der Waals surface area contributed by atoms with Crippen molar-refractivity contribution in [2.24, 2.45) is 0 Å². The molecule has 1 aliphatic rings. The third-order valence-corrected chi connectivity index (χ3v) is 3.74. The van der Waals surface area contributed by atoms with Gasteiger partial charge in [0.2, 0.25) is 5.78 Å². The maximum atomic E-state index is 12.3. The van der Waals surface area contributed by atoms with Crippen molar-refractivity contribution >= 4 is 23.3 Å². The second-order valence-electron chi connectivity index (χ2n) is 4.02. The van der Waals surface area contributed by atoms with E-state index >= 15 is 0 Å². The van der Waals surface area contributed by atoms with Crippen molar-refractivity contribution in [2.45, 2.75) is 4.90 Å². The number of thioether (sulfide) groups is 1. The fourth-order valence-corrected chi connectivity index (χ4v) is 2.56. The van der Waals surface area contributed by atoms with Crippen LogP contribution in [0.4, 0.5) is 0 Å². The molecule has 1 aromatic carbocycles. The first-order valence-electron chi connectivity index (χ1n) is 5.47. The van der Waals surface area contributed by atoms with Crippen LogP contribution in [0.15, 0.2) is 23.1 Å². The molecule has 0 aliphatic heterocycles. The Hall–Kier alpha value is -2.35. The number of hydrogen-bond acceptors (Lipinski definition) is 7. The Morgan fingerprint density at radius 2 is 2.11 bits per heavy atom. The minimum absolute atomic E-state index is 0.137. The molecule has 8 heteroatoms. The molecule has 1 aliphatic carbocycles. The van der Waals surface area contributed by atoms with Crippen molar-refractivity contribution in [3.05, 3.63) is 29.5 Å². The summed E-state index contributed by atoms with van der Waals surface area (Å²) >= 11 is 1.61. The zero-order chi connectivity index (χ0) is 13.0. The summed E-state index contributed by atoms with van der Waals surface area (Å²) in [6.07, 6.45) is 1.98. The van der Waals surface area contributed by atoms with Crippen molar-refractivity contribution in [3.63, 3.8) is 0 Å². The average molecular weight is 270 g/mol. The Labute approximate surface area is 111 Å². The van der Waals surface area contributed by atoms with E-state index in [2.05, 4.69) is 25.6 Å². The highest BCUT2D eigenvalue weighted by molar-refractivity contribution is 7.98. The molecule has 0 radical (unpaired) electrons. The van der Waals surface area contributed by atoms with Crippen LogP contribution in [0.1, 0.15) is 16.1 Å². The van der Waals surface area contributed by atoms with Gasteiger partial charge in [-0.1, -0.05) is 9.73 Å². The average Bonchev–Trinajstić information content (AvgIpc) is 3.00. The summed E-state index contributed by atoms with van der Waals surface area (Å²) in [7, 11) is 0. The number of fused-ring (bicyclic) bond motifs is 4. The summed E-state index contributed by atoms with van der Waals surface area (Å²) in [5, 5.41) is 15.0. The molecule has 19 heavy (non-hydrogen) atoms. The number of carbonyl (C=O) groups excluding carboxylic acids is 1. The quantitative estimate of drug-likeness (QED) is 0.474. The first-order valence-corrected chi connectivity index (χ1v) is 6.70. The van der Waals surface area contributed by atoms with Crippen LogP contribution in [0.5, 0.6) is 0 Å². The third-order valence-electron chi connectivity index (χ3n) is 3.01. The van der Waals surface area contributed by atoms with Crippen LogP contribution in [0, 0.1) is 0 Å². The van der Waals surface area contributed by atoms with Crippen molar-refractivity contribution in [1.29, 1.82) is 0 Å². The van der Waals surface area contributed by atoms with Crippen LogP contribution in [-0.2, 0) is 0 Å². The van der Waals surface area contributed by atoms with Crippen LogP contribution in [0.3, 0.4) is 0 Å². The van der Waals surface area contributed by atoms with Gasteiger partial charge >= 0.3 is 0 Å². The Kier molecular flexibility index (Phi) is 1.99. The molecular weight excluding hydrogens is 264 g/mol. The van der Waals surface area contributed by atoms with Gasteiger partial charge in [0.1, 0.15) is 5.69 Å².